The smallest absolute Gasteiger partial charge is 0.294 e. The molecule has 0 saturated carbocycles. The lowest BCUT2D eigenvalue weighted by Gasteiger charge is -1.91. The SMILES string of the molecule is COc1nc2cc(Br)c(F)cc2[nH]1. The van der Waals surface area contributed by atoms with Gasteiger partial charge in [0.15, 0.2) is 0 Å². The standard InChI is InChI=1S/C8H6BrFN2O/c1-13-8-11-6-2-4(9)5(10)3-7(6)12-8/h2-3H,1H3,(H,11,12). The summed E-state index contributed by atoms with van der Waals surface area (Å²) in [4.78, 5) is 6.88. The van der Waals surface area contributed by atoms with Crippen LogP contribution in [0.25, 0.3) is 11.0 Å². The van der Waals surface area contributed by atoms with Gasteiger partial charge in [-0.1, -0.05) is 0 Å². The lowest BCUT2D eigenvalue weighted by Crippen LogP contribution is -1.82. The largest absolute Gasteiger partial charge is 0.468 e. The number of halogens is 2. The molecular weight excluding hydrogens is 239 g/mol. The van der Waals surface area contributed by atoms with E-state index in [-0.39, 0.29) is 5.82 Å². The van der Waals surface area contributed by atoms with Crippen LogP contribution >= 0.6 is 15.9 Å². The van der Waals surface area contributed by atoms with E-state index in [9.17, 15) is 4.39 Å². The predicted octanol–water partition coefficient (Wildman–Crippen LogP) is 2.47. The van der Waals surface area contributed by atoms with E-state index in [0.717, 1.165) is 0 Å². The fourth-order valence-corrected chi connectivity index (χ4v) is 1.41. The molecule has 0 saturated heterocycles. The minimum Gasteiger partial charge on any atom is -0.468 e. The Hall–Kier alpha value is -1.10. The van der Waals surface area contributed by atoms with Crippen LogP contribution in [0.4, 0.5) is 4.39 Å². The third-order valence-electron chi connectivity index (χ3n) is 1.70. The van der Waals surface area contributed by atoms with Crippen molar-refractivity contribution in [3.8, 4) is 6.01 Å². The van der Waals surface area contributed by atoms with Gasteiger partial charge in [0.25, 0.3) is 6.01 Å². The van der Waals surface area contributed by atoms with Gasteiger partial charge in [-0.15, -0.1) is 0 Å². The molecule has 5 heteroatoms. The first kappa shape index (κ1) is 8.50. The van der Waals surface area contributed by atoms with Gasteiger partial charge in [0, 0.05) is 6.07 Å². The molecule has 0 aliphatic heterocycles. The van der Waals surface area contributed by atoms with Crippen LogP contribution in [0.5, 0.6) is 6.01 Å². The van der Waals surface area contributed by atoms with E-state index in [1.165, 1.54) is 13.2 Å². The van der Waals surface area contributed by atoms with Crippen molar-refractivity contribution >= 4 is 27.0 Å². The number of nitrogens with one attached hydrogen (secondary N) is 1. The lowest BCUT2D eigenvalue weighted by atomic mass is 10.3. The molecular formula is C8H6BrFN2O. The molecule has 1 aromatic carbocycles. The Balaban J connectivity index is 2.70. The molecule has 13 heavy (non-hydrogen) atoms. The molecule has 1 N–H and O–H groups in total. The number of rotatable bonds is 1. The highest BCUT2D eigenvalue weighted by atomic mass is 79.9. The van der Waals surface area contributed by atoms with Crippen LogP contribution in [0, 0.1) is 5.82 Å². The summed E-state index contributed by atoms with van der Waals surface area (Å²) in [6.45, 7) is 0. The van der Waals surface area contributed by atoms with Gasteiger partial charge in [-0.05, 0) is 22.0 Å². The monoisotopic (exact) mass is 244 g/mol. The summed E-state index contributed by atoms with van der Waals surface area (Å²) in [5.41, 5.74) is 1.29. The average Bonchev–Trinajstić information content (AvgIpc) is 2.48. The molecule has 0 radical (unpaired) electrons. The Labute approximate surface area is 82.1 Å². The Morgan fingerprint density at radius 2 is 2.31 bits per heavy atom. The molecule has 1 aromatic heterocycles. The zero-order chi connectivity index (χ0) is 9.42. The average molecular weight is 245 g/mol. The van der Waals surface area contributed by atoms with Crippen LogP contribution in [0.1, 0.15) is 0 Å². The molecule has 2 rings (SSSR count). The number of benzene rings is 1. The second-order valence-electron chi connectivity index (χ2n) is 2.53. The van der Waals surface area contributed by atoms with Crippen molar-refractivity contribution in [1.82, 2.24) is 9.97 Å². The minimum atomic E-state index is -0.321. The summed E-state index contributed by atoms with van der Waals surface area (Å²) in [6, 6.07) is 3.35. The van der Waals surface area contributed by atoms with Gasteiger partial charge >= 0.3 is 0 Å². The number of methoxy groups -OCH3 is 1. The number of imidazole rings is 1. The van der Waals surface area contributed by atoms with E-state index >= 15 is 0 Å². The summed E-state index contributed by atoms with van der Waals surface area (Å²) in [7, 11) is 1.50. The normalized spacial score (nSPS) is 10.7. The molecule has 68 valence electrons. The topological polar surface area (TPSA) is 37.9 Å². The first-order valence-corrected chi connectivity index (χ1v) is 4.39. The fraction of sp³-hybridized carbons (Fsp3) is 0.125. The van der Waals surface area contributed by atoms with Crippen molar-refractivity contribution in [2.75, 3.05) is 7.11 Å². The first-order chi connectivity index (χ1) is 6.20. The molecule has 0 unspecified atom stereocenters. The number of ether oxygens (including phenoxy) is 1. The molecule has 1 heterocycles. The van der Waals surface area contributed by atoms with Gasteiger partial charge in [0.05, 0.1) is 22.6 Å². The number of aromatic amines is 1. The van der Waals surface area contributed by atoms with Crippen molar-refractivity contribution in [2.24, 2.45) is 0 Å². The molecule has 0 spiro atoms. The van der Waals surface area contributed by atoms with Crippen LogP contribution in [0.3, 0.4) is 0 Å². The maximum absolute atomic E-state index is 13.0. The molecule has 0 amide bonds. The Bertz CT molecular complexity index is 416. The van der Waals surface area contributed by atoms with Gasteiger partial charge in [-0.2, -0.15) is 4.98 Å². The molecule has 3 nitrogen and oxygen atoms in total. The Morgan fingerprint density at radius 3 is 3.00 bits per heavy atom. The third kappa shape index (κ3) is 1.39. The summed E-state index contributed by atoms with van der Waals surface area (Å²) in [6.07, 6.45) is 0. The number of hydrogen-bond acceptors (Lipinski definition) is 2. The van der Waals surface area contributed by atoms with Crippen molar-refractivity contribution in [2.45, 2.75) is 0 Å². The van der Waals surface area contributed by atoms with Crippen molar-refractivity contribution in [3.05, 3.63) is 22.4 Å². The van der Waals surface area contributed by atoms with E-state index < -0.39 is 0 Å². The molecule has 0 aliphatic rings. The molecule has 0 fully saturated rings. The second-order valence-corrected chi connectivity index (χ2v) is 3.38. The number of nitrogens with zero attached hydrogens (tertiary/aromatic N) is 1. The Kier molecular flexibility index (Phi) is 1.95. The van der Waals surface area contributed by atoms with E-state index in [1.807, 2.05) is 0 Å². The highest BCUT2D eigenvalue weighted by molar-refractivity contribution is 9.10. The first-order valence-electron chi connectivity index (χ1n) is 3.59. The fourth-order valence-electron chi connectivity index (χ4n) is 1.08. The van der Waals surface area contributed by atoms with Gasteiger partial charge in [0.1, 0.15) is 5.82 Å². The maximum Gasteiger partial charge on any atom is 0.294 e. The quantitative estimate of drug-likeness (QED) is 0.837. The third-order valence-corrected chi connectivity index (χ3v) is 2.30. The van der Waals surface area contributed by atoms with Crippen molar-refractivity contribution < 1.29 is 9.13 Å². The molecule has 0 bridgehead atoms. The highest BCUT2D eigenvalue weighted by Crippen LogP contribution is 2.23. The van der Waals surface area contributed by atoms with Gasteiger partial charge < -0.3 is 9.72 Å². The number of aromatic nitrogens is 2. The zero-order valence-electron chi connectivity index (χ0n) is 6.77. The van der Waals surface area contributed by atoms with Gasteiger partial charge in [-0.3, -0.25) is 0 Å². The minimum absolute atomic E-state index is 0.321. The molecule has 0 atom stereocenters. The van der Waals surface area contributed by atoms with E-state index in [1.54, 1.807) is 6.07 Å². The van der Waals surface area contributed by atoms with E-state index in [2.05, 4.69) is 25.9 Å². The highest BCUT2D eigenvalue weighted by Gasteiger charge is 2.06. The van der Waals surface area contributed by atoms with Crippen LogP contribution in [0.15, 0.2) is 16.6 Å². The van der Waals surface area contributed by atoms with Crippen LogP contribution in [-0.2, 0) is 0 Å². The number of fused-ring (bicyclic) bond motifs is 1. The summed E-state index contributed by atoms with van der Waals surface area (Å²) >= 11 is 3.08. The van der Waals surface area contributed by atoms with E-state index in [0.29, 0.717) is 21.5 Å². The van der Waals surface area contributed by atoms with Crippen LogP contribution < -0.4 is 4.74 Å². The van der Waals surface area contributed by atoms with Crippen molar-refractivity contribution in [1.29, 1.82) is 0 Å². The summed E-state index contributed by atoms with van der Waals surface area (Å²) in [5.74, 6) is -0.321. The predicted molar refractivity (Wildman–Crippen MR) is 50.3 cm³/mol. The summed E-state index contributed by atoms with van der Waals surface area (Å²) in [5, 5.41) is 0. The maximum atomic E-state index is 13.0. The number of H-pyrrole nitrogens is 1. The lowest BCUT2D eigenvalue weighted by molar-refractivity contribution is 0.386. The van der Waals surface area contributed by atoms with Gasteiger partial charge in [-0.25, -0.2) is 4.39 Å². The Morgan fingerprint density at radius 1 is 1.54 bits per heavy atom. The summed E-state index contributed by atoms with van der Waals surface area (Å²) < 4.78 is 18.3. The van der Waals surface area contributed by atoms with Crippen LogP contribution in [0.2, 0.25) is 0 Å². The zero-order valence-corrected chi connectivity index (χ0v) is 8.35. The van der Waals surface area contributed by atoms with Crippen molar-refractivity contribution in [3.63, 3.8) is 0 Å². The van der Waals surface area contributed by atoms with Gasteiger partial charge in [0.2, 0.25) is 0 Å². The van der Waals surface area contributed by atoms with Crippen LogP contribution in [-0.4, -0.2) is 17.1 Å². The molecule has 0 aliphatic carbocycles. The number of hydrogen-bond donors (Lipinski definition) is 1. The molecule has 2 aromatic rings. The second kappa shape index (κ2) is 2.99. The van der Waals surface area contributed by atoms with E-state index in [4.69, 9.17) is 4.74 Å².